The molecule has 578 valence electrons. The number of nitrogens with zero attached hydrogens (tertiary/aromatic N) is 6. The van der Waals surface area contributed by atoms with Crippen molar-refractivity contribution in [3.8, 4) is 11.4 Å². The lowest BCUT2D eigenvalue weighted by Crippen LogP contribution is -2.28. The number of fused-ring (bicyclic) bond motifs is 1. The van der Waals surface area contributed by atoms with Gasteiger partial charge in [0.2, 0.25) is 11.1 Å². The van der Waals surface area contributed by atoms with Crippen LogP contribution in [0.25, 0.3) is 11.4 Å². The lowest BCUT2D eigenvalue weighted by molar-refractivity contribution is -0.145. The normalized spacial score (nSPS) is 28.5. The number of hydrogen-bond acceptors (Lipinski definition) is 22. The highest BCUT2D eigenvalue weighted by Gasteiger charge is 2.65. The molecule has 24 nitrogen and oxygen atoms in total. The van der Waals surface area contributed by atoms with E-state index in [0.717, 1.165) is 58.7 Å². The first kappa shape index (κ1) is 89.6. The molecule has 2 amide bonds. The Bertz CT molecular complexity index is 3150. The van der Waals surface area contributed by atoms with Crippen molar-refractivity contribution >= 4 is 82.9 Å². The molecule has 8 N–H and O–H groups in total. The van der Waals surface area contributed by atoms with Gasteiger partial charge < -0.3 is 60.2 Å². The predicted molar refractivity (Wildman–Crippen MR) is 408 cm³/mol. The number of amides is 2. The van der Waals surface area contributed by atoms with E-state index in [2.05, 4.69) is 142 Å². The Hall–Kier alpha value is -5.76. The quantitative estimate of drug-likeness (QED) is 0.0169. The minimum Gasteiger partial charge on any atom is -0.466 e. The van der Waals surface area contributed by atoms with E-state index in [9.17, 15) is 28.8 Å². The number of alkyl carbamates (subject to hydrolysis) is 2. The largest absolute Gasteiger partial charge is 0.466 e. The van der Waals surface area contributed by atoms with Gasteiger partial charge in [0.15, 0.2) is 6.33 Å². The van der Waals surface area contributed by atoms with Crippen molar-refractivity contribution in [2.45, 2.75) is 183 Å². The second kappa shape index (κ2) is 42.0. The number of carbonyl (C=O) groups excluding carboxylic acids is 6. The number of nitrogens with one attached hydrogen (secondary N) is 2. The Morgan fingerprint density at radius 2 is 1.01 bits per heavy atom. The Balaban J connectivity index is 0.000000256. The van der Waals surface area contributed by atoms with Gasteiger partial charge in [-0.25, -0.2) is 9.59 Å². The van der Waals surface area contributed by atoms with E-state index < -0.39 is 36.4 Å². The summed E-state index contributed by atoms with van der Waals surface area (Å²) in [5.41, 5.74) is 6.40. The number of carbonyl (C=O) groups is 6. The average Bonchev–Trinajstić information content (AvgIpc) is 1.54. The van der Waals surface area contributed by atoms with E-state index in [0.29, 0.717) is 109 Å². The van der Waals surface area contributed by atoms with Crippen molar-refractivity contribution in [3.63, 3.8) is 0 Å². The van der Waals surface area contributed by atoms with E-state index in [1.165, 1.54) is 6.33 Å². The first-order valence-electron chi connectivity index (χ1n) is 36.8. The van der Waals surface area contributed by atoms with Crippen molar-refractivity contribution < 1.29 is 78.4 Å². The molecule has 1 aliphatic heterocycles. The minimum absolute atomic E-state index is 0.00543. The van der Waals surface area contributed by atoms with Crippen molar-refractivity contribution in [3.05, 3.63) is 71.5 Å². The van der Waals surface area contributed by atoms with Crippen LogP contribution in [0.15, 0.2) is 65.1 Å². The third-order valence-electron chi connectivity index (χ3n) is 20.8. The molecule has 18 atom stereocenters. The van der Waals surface area contributed by atoms with Crippen molar-refractivity contribution in [2.24, 2.45) is 98.5 Å². The number of rotatable bonds is 25. The summed E-state index contributed by atoms with van der Waals surface area (Å²) in [7, 11) is -3.22. The predicted octanol–water partition coefficient (Wildman–Crippen LogP) is 11.1. The topological polar surface area (TPSA) is 361 Å². The first-order valence-corrected chi connectivity index (χ1v) is 47.9. The molecule has 0 saturated heterocycles. The van der Waals surface area contributed by atoms with Crippen LogP contribution in [0.3, 0.4) is 0 Å². The minimum atomic E-state index is -1.14. The van der Waals surface area contributed by atoms with Crippen LogP contribution in [0.2, 0.25) is 75.5 Å². The maximum atomic E-state index is 11.5. The van der Waals surface area contributed by atoms with Gasteiger partial charge in [0, 0.05) is 97.8 Å². The van der Waals surface area contributed by atoms with E-state index in [-0.39, 0.29) is 105 Å². The standard InChI is InChI=1S/C17H21N3O4.2C10H20O2Si.C9H8N4O.C8H15NO3.C8H14O2.C8H18OSi.C5H7ClO/c1-17-10-19-20-15(12-4-2-11(8-22)3-5-12)14(17)13(17)9-24-16(23)18-6-7-21;2*1-6-12-10(11)8-7(2)9(8)13(3,4)5;14-5-7-1-3-8(4-2-7)9-12-10-6-11-13-9;1-6-4-7(6)5-12-8(11)9-2-3-10;1-6-5-7(6)8(10)3-2-4-9;1-6-7(5-9)8(6)10(2,3)4;1-3-2-4(3)5(6)7/h2-5,10,13-14,21-22H,6-9H2,1H3,(H,18,23);2*7-9H,6H2,1-5H3;1-4,6,14H,5H2;6-7,10H,2-5H2,1H3,(H,9,11);6-7,9H,2-5H2,1H3;6-9H,5H2,1-4H3;3-4H,2H2,1H3. The molecule has 2 aromatic carbocycles. The fraction of sp³-hybridized carbons (Fsp3) is 0.707. The fourth-order valence-corrected chi connectivity index (χ4v) is 24.3. The summed E-state index contributed by atoms with van der Waals surface area (Å²) in [5, 5.41) is 80.4. The van der Waals surface area contributed by atoms with Crippen LogP contribution in [-0.2, 0) is 51.3 Å². The Kier molecular flexibility index (Phi) is 36.5. The van der Waals surface area contributed by atoms with Crippen LogP contribution in [0, 0.1) is 88.3 Å². The van der Waals surface area contributed by atoms with Crippen LogP contribution in [-0.4, -0.2) is 188 Å². The number of ketones is 1. The van der Waals surface area contributed by atoms with Crippen molar-refractivity contribution in [2.75, 3.05) is 65.9 Å². The zero-order chi connectivity index (χ0) is 77.3. The molecule has 8 aliphatic rings. The number of ether oxygens (including phenoxy) is 4. The van der Waals surface area contributed by atoms with Gasteiger partial charge in [-0.15, -0.1) is 20.4 Å². The van der Waals surface area contributed by atoms with Crippen molar-refractivity contribution in [1.29, 1.82) is 0 Å². The summed E-state index contributed by atoms with van der Waals surface area (Å²) in [5.74, 6) is 7.15. The van der Waals surface area contributed by atoms with Gasteiger partial charge in [-0.2, -0.15) is 10.2 Å². The number of benzene rings is 2. The molecule has 2 heterocycles. The lowest BCUT2D eigenvalue weighted by atomic mass is 9.98. The maximum Gasteiger partial charge on any atom is 0.407 e. The van der Waals surface area contributed by atoms with Crippen LogP contribution < -0.4 is 10.6 Å². The van der Waals surface area contributed by atoms with Gasteiger partial charge in [-0.1, -0.05) is 156 Å². The zero-order valence-corrected chi connectivity index (χ0v) is 68.2. The van der Waals surface area contributed by atoms with Crippen LogP contribution >= 0.6 is 11.6 Å². The van der Waals surface area contributed by atoms with Gasteiger partial charge in [-0.05, 0) is 132 Å². The molecule has 7 saturated carbocycles. The fourth-order valence-electron chi connectivity index (χ4n) is 14.2. The maximum absolute atomic E-state index is 11.5. The Labute approximate surface area is 619 Å². The summed E-state index contributed by atoms with van der Waals surface area (Å²) in [4.78, 5) is 66.5. The number of Topliss-reactive ketones (excluding diaryl/α,β-unsaturated/α-hetero) is 1. The molecule has 3 aromatic rings. The second-order valence-corrected chi connectivity index (χ2v) is 48.7. The average molecular weight is 1510 g/mol. The molecule has 1 aromatic heterocycles. The van der Waals surface area contributed by atoms with Gasteiger partial charge >= 0.3 is 24.1 Å². The van der Waals surface area contributed by atoms with Crippen LogP contribution in [0.4, 0.5) is 9.59 Å². The van der Waals surface area contributed by atoms with Crippen LogP contribution in [0.1, 0.15) is 111 Å². The lowest BCUT2D eigenvalue weighted by Gasteiger charge is -2.15. The van der Waals surface area contributed by atoms with Crippen LogP contribution in [0.5, 0.6) is 0 Å². The van der Waals surface area contributed by atoms with Gasteiger partial charge in [0.25, 0.3) is 0 Å². The molecular formula is C75H123ClN8O16Si3. The van der Waals surface area contributed by atoms with E-state index in [4.69, 9.17) is 61.2 Å². The third kappa shape index (κ3) is 29.1. The molecule has 18 unspecified atom stereocenters. The number of halogens is 1. The summed E-state index contributed by atoms with van der Waals surface area (Å²) in [6, 6.07) is 14.9. The Morgan fingerprint density at radius 1 is 0.573 bits per heavy atom. The molecular weight excluding hydrogens is 1390 g/mol. The molecule has 0 radical (unpaired) electrons. The molecule has 11 rings (SSSR count). The second-order valence-electron chi connectivity index (χ2n) is 32.1. The number of esters is 2. The number of aliphatic hydroxyl groups excluding tert-OH is 6. The SMILES string of the molecule is CC12C=NN=C(c3ccc(CO)cc3)C1C2COC(=O)NCCO.CC1C(CO)C1[Si](C)(C)C.CC1CC1C(=O)CCCO.CC1CC1C(=O)Cl.CC1CC1COC(=O)NCCO.CCOC(=O)C1C(C)C1[Si](C)(C)C.CCOC(=O)C1C(C)C1[Si](C)(C)C.OCc1ccc(-c2nncnn2)cc1. The zero-order valence-electron chi connectivity index (χ0n) is 64.4. The third-order valence-corrected chi connectivity index (χ3v) is 29.8. The number of hydrogen-bond donors (Lipinski definition) is 8. The molecule has 7 aliphatic carbocycles. The number of aliphatic hydroxyl groups is 6. The Morgan fingerprint density at radius 3 is 1.34 bits per heavy atom. The monoisotopic (exact) mass is 1510 g/mol. The van der Waals surface area contributed by atoms with Gasteiger partial charge in [-0.3, -0.25) is 19.2 Å². The molecule has 0 bridgehead atoms. The summed E-state index contributed by atoms with van der Waals surface area (Å²) in [6.45, 7) is 42.5. The van der Waals surface area contributed by atoms with Crippen molar-refractivity contribution in [1.82, 2.24) is 31.0 Å². The highest BCUT2D eigenvalue weighted by Crippen LogP contribution is 2.61. The number of aromatic nitrogens is 4. The summed E-state index contributed by atoms with van der Waals surface area (Å²) >= 11 is 5.13. The van der Waals surface area contributed by atoms with E-state index in [1.54, 1.807) is 0 Å². The van der Waals surface area contributed by atoms with Gasteiger partial charge in [0.1, 0.15) is 5.78 Å². The summed E-state index contributed by atoms with van der Waals surface area (Å²) in [6.07, 6.45) is 6.60. The molecule has 28 heteroatoms. The molecule has 7 fully saturated rings. The summed E-state index contributed by atoms with van der Waals surface area (Å²) < 4.78 is 20.2. The first-order chi connectivity index (χ1) is 48.5. The van der Waals surface area contributed by atoms with Gasteiger partial charge in [0.05, 0.1) is 70.4 Å². The molecule has 0 spiro atoms. The van der Waals surface area contributed by atoms with E-state index in [1.807, 2.05) is 75.5 Å². The van der Waals surface area contributed by atoms with E-state index >= 15 is 0 Å². The highest BCUT2D eigenvalue weighted by molar-refractivity contribution is 6.79. The smallest absolute Gasteiger partial charge is 0.407 e. The highest BCUT2D eigenvalue weighted by atomic mass is 35.5. The molecule has 103 heavy (non-hydrogen) atoms.